The monoisotopic (exact) mass is 390 g/mol. The van der Waals surface area contributed by atoms with Crippen molar-refractivity contribution in [2.75, 3.05) is 13.7 Å². The van der Waals surface area contributed by atoms with Crippen LogP contribution >= 0.6 is 0 Å². The van der Waals surface area contributed by atoms with E-state index in [1.165, 1.54) is 25.3 Å². The number of halogens is 1. The maximum absolute atomic E-state index is 14.7. The number of carboxylic acids is 1. The number of benzene rings is 2. The summed E-state index contributed by atoms with van der Waals surface area (Å²) in [6, 6.07) is 6.05. The molecule has 0 unspecified atom stereocenters. The topological polar surface area (TPSA) is 82.1 Å². The van der Waals surface area contributed by atoms with Gasteiger partial charge < -0.3 is 19.3 Å². The lowest BCUT2D eigenvalue weighted by Gasteiger charge is -2.17. The molecule has 0 saturated heterocycles. The number of esters is 1. The van der Waals surface area contributed by atoms with Crippen molar-refractivity contribution < 1.29 is 33.3 Å². The molecule has 0 amide bonds. The fourth-order valence-electron chi connectivity index (χ4n) is 2.77. The molecule has 0 heterocycles. The van der Waals surface area contributed by atoms with Crippen LogP contribution in [0.2, 0.25) is 0 Å². The van der Waals surface area contributed by atoms with Crippen LogP contribution in [0.1, 0.15) is 32.8 Å². The molecular formula is C21H23FO6. The Balaban J connectivity index is 2.75. The highest BCUT2D eigenvalue weighted by Gasteiger charge is 2.20. The lowest BCUT2D eigenvalue weighted by Crippen LogP contribution is -2.12. The highest BCUT2D eigenvalue weighted by molar-refractivity contribution is 6.01. The van der Waals surface area contributed by atoms with Crippen LogP contribution in [0.3, 0.4) is 0 Å². The van der Waals surface area contributed by atoms with Gasteiger partial charge in [-0.1, -0.05) is 6.07 Å². The van der Waals surface area contributed by atoms with Crippen molar-refractivity contribution in [3.05, 3.63) is 41.2 Å². The van der Waals surface area contributed by atoms with Gasteiger partial charge in [0.2, 0.25) is 0 Å². The predicted octanol–water partition coefficient (Wildman–Crippen LogP) is 4.20. The van der Waals surface area contributed by atoms with Crippen LogP contribution in [0.4, 0.5) is 4.39 Å². The zero-order valence-electron chi connectivity index (χ0n) is 16.2. The van der Waals surface area contributed by atoms with Crippen LogP contribution < -0.4 is 9.47 Å². The summed E-state index contributed by atoms with van der Waals surface area (Å²) in [6.07, 6.45) is 0.551. The fraction of sp³-hybridized carbons (Fsp3) is 0.333. The number of ether oxygens (including phenoxy) is 3. The first-order valence-corrected chi connectivity index (χ1v) is 8.83. The molecule has 0 aliphatic heterocycles. The van der Waals surface area contributed by atoms with Crippen LogP contribution in [0.15, 0.2) is 29.8 Å². The average Bonchev–Trinajstić information content (AvgIpc) is 2.62. The normalized spacial score (nSPS) is 11.6. The van der Waals surface area contributed by atoms with Gasteiger partial charge in [0, 0.05) is 16.5 Å². The predicted molar refractivity (Wildman–Crippen MR) is 103 cm³/mol. The highest BCUT2D eigenvalue weighted by Crippen LogP contribution is 2.38. The second kappa shape index (κ2) is 9.21. The van der Waals surface area contributed by atoms with E-state index in [1.807, 2.05) is 0 Å². The molecular weight excluding hydrogens is 367 g/mol. The van der Waals surface area contributed by atoms with E-state index >= 15 is 0 Å². The SMILES string of the molecule is CCOC(=O)/C(=C/c1ccc2c(OC)ccc(F)c2c1OC(C)C)CC(=O)O. The number of rotatable bonds is 8. The number of carbonyl (C=O) groups is 2. The Kier molecular flexibility index (Phi) is 6.98. The van der Waals surface area contributed by atoms with Gasteiger partial charge >= 0.3 is 11.9 Å². The molecule has 1 N–H and O–H groups in total. The van der Waals surface area contributed by atoms with E-state index in [9.17, 15) is 14.0 Å². The first-order valence-electron chi connectivity index (χ1n) is 8.83. The molecule has 2 aromatic carbocycles. The van der Waals surface area contributed by atoms with Crippen LogP contribution in [0, 0.1) is 5.82 Å². The van der Waals surface area contributed by atoms with Crippen molar-refractivity contribution in [3.8, 4) is 11.5 Å². The molecule has 6 nitrogen and oxygen atoms in total. The molecule has 0 radical (unpaired) electrons. The standard InChI is InChI=1S/C21H23FO6/c1-5-27-21(25)14(11-18(23)24)10-13-6-7-15-17(26-4)9-8-16(22)19(15)20(13)28-12(2)3/h6-10,12H,5,11H2,1-4H3,(H,23,24)/b14-10+. The summed E-state index contributed by atoms with van der Waals surface area (Å²) in [5.74, 6) is -1.77. The zero-order chi connectivity index (χ0) is 20.8. The molecule has 0 saturated carbocycles. The minimum Gasteiger partial charge on any atom is -0.496 e. The Morgan fingerprint density at radius 2 is 1.93 bits per heavy atom. The first kappa shape index (κ1) is 21.2. The molecule has 7 heteroatoms. The van der Waals surface area contributed by atoms with Gasteiger partial charge in [0.25, 0.3) is 0 Å². The summed E-state index contributed by atoms with van der Waals surface area (Å²) in [7, 11) is 1.48. The van der Waals surface area contributed by atoms with E-state index in [0.717, 1.165) is 0 Å². The van der Waals surface area contributed by atoms with Crippen molar-refractivity contribution in [1.82, 2.24) is 0 Å². The van der Waals surface area contributed by atoms with E-state index in [-0.39, 0.29) is 29.4 Å². The third-order valence-electron chi connectivity index (χ3n) is 3.86. The van der Waals surface area contributed by atoms with Crippen LogP contribution in [-0.2, 0) is 14.3 Å². The Hall–Kier alpha value is -3.09. The molecule has 28 heavy (non-hydrogen) atoms. The van der Waals surface area contributed by atoms with Crippen molar-refractivity contribution in [2.45, 2.75) is 33.3 Å². The Bertz CT molecular complexity index is 917. The Morgan fingerprint density at radius 1 is 1.21 bits per heavy atom. The molecule has 0 atom stereocenters. The number of carboxylic acid groups (broad SMARTS) is 1. The van der Waals surface area contributed by atoms with E-state index in [0.29, 0.717) is 16.7 Å². The molecule has 0 spiro atoms. The van der Waals surface area contributed by atoms with Crippen LogP contribution in [0.5, 0.6) is 11.5 Å². The largest absolute Gasteiger partial charge is 0.496 e. The average molecular weight is 390 g/mol. The number of carbonyl (C=O) groups excluding carboxylic acids is 1. The van der Waals surface area contributed by atoms with Gasteiger partial charge in [0.1, 0.15) is 17.3 Å². The van der Waals surface area contributed by atoms with Gasteiger partial charge in [-0.15, -0.1) is 0 Å². The third kappa shape index (κ3) is 4.79. The molecule has 2 rings (SSSR count). The van der Waals surface area contributed by atoms with Crippen LogP contribution in [0.25, 0.3) is 16.8 Å². The summed E-state index contributed by atoms with van der Waals surface area (Å²) in [5.41, 5.74) is 0.309. The summed E-state index contributed by atoms with van der Waals surface area (Å²) in [5, 5.41) is 9.82. The molecule has 0 fully saturated rings. The lowest BCUT2D eigenvalue weighted by atomic mass is 10.0. The smallest absolute Gasteiger partial charge is 0.334 e. The van der Waals surface area contributed by atoms with Gasteiger partial charge in [0.15, 0.2) is 0 Å². The molecule has 0 aliphatic rings. The number of hydrogen-bond donors (Lipinski definition) is 1. The Morgan fingerprint density at radius 3 is 2.50 bits per heavy atom. The number of methoxy groups -OCH3 is 1. The summed E-state index contributed by atoms with van der Waals surface area (Å²) in [6.45, 7) is 5.30. The third-order valence-corrected chi connectivity index (χ3v) is 3.86. The minimum absolute atomic E-state index is 0.0642. The van der Waals surface area contributed by atoms with Gasteiger partial charge in [-0.2, -0.15) is 0 Å². The van der Waals surface area contributed by atoms with Gasteiger partial charge in [-0.3, -0.25) is 4.79 Å². The van der Waals surface area contributed by atoms with E-state index in [1.54, 1.807) is 32.9 Å². The van der Waals surface area contributed by atoms with Crippen molar-refractivity contribution in [3.63, 3.8) is 0 Å². The maximum atomic E-state index is 14.7. The number of hydrogen-bond acceptors (Lipinski definition) is 5. The summed E-state index contributed by atoms with van der Waals surface area (Å²) < 4.78 is 30.8. The Labute approximate surface area is 162 Å². The summed E-state index contributed by atoms with van der Waals surface area (Å²) >= 11 is 0. The zero-order valence-corrected chi connectivity index (χ0v) is 16.2. The summed E-state index contributed by atoms with van der Waals surface area (Å²) in [4.78, 5) is 23.3. The van der Waals surface area contributed by atoms with Crippen molar-refractivity contribution in [2.24, 2.45) is 0 Å². The number of aliphatic carboxylic acids is 1. The fourth-order valence-corrected chi connectivity index (χ4v) is 2.77. The maximum Gasteiger partial charge on any atom is 0.334 e. The van der Waals surface area contributed by atoms with Gasteiger partial charge in [-0.05, 0) is 45.0 Å². The van der Waals surface area contributed by atoms with Gasteiger partial charge in [-0.25, -0.2) is 9.18 Å². The second-order valence-corrected chi connectivity index (χ2v) is 6.28. The molecule has 150 valence electrons. The van der Waals surface area contributed by atoms with E-state index < -0.39 is 24.2 Å². The molecule has 0 bridgehead atoms. The second-order valence-electron chi connectivity index (χ2n) is 6.28. The first-order chi connectivity index (χ1) is 13.3. The minimum atomic E-state index is -1.18. The van der Waals surface area contributed by atoms with Crippen molar-refractivity contribution in [1.29, 1.82) is 0 Å². The molecule has 0 aliphatic carbocycles. The van der Waals surface area contributed by atoms with Crippen molar-refractivity contribution >= 4 is 28.8 Å². The molecule has 2 aromatic rings. The lowest BCUT2D eigenvalue weighted by molar-refractivity contribution is -0.142. The van der Waals surface area contributed by atoms with E-state index in [2.05, 4.69) is 0 Å². The van der Waals surface area contributed by atoms with Crippen LogP contribution in [-0.4, -0.2) is 36.9 Å². The quantitative estimate of drug-likeness (QED) is 0.537. The van der Waals surface area contributed by atoms with Gasteiger partial charge in [0.05, 0.1) is 31.6 Å². The highest BCUT2D eigenvalue weighted by atomic mass is 19.1. The van der Waals surface area contributed by atoms with E-state index in [4.69, 9.17) is 19.3 Å². The number of fused-ring (bicyclic) bond motifs is 1. The molecule has 0 aromatic heterocycles.